The molecule has 1 aromatic carbocycles. The average Bonchev–Trinajstić information content (AvgIpc) is 3.01. The number of esters is 1. The molecule has 0 spiro atoms. The van der Waals surface area contributed by atoms with Crippen LogP contribution in [0.5, 0.6) is 0 Å². The van der Waals surface area contributed by atoms with E-state index in [9.17, 15) is 4.79 Å². The van der Waals surface area contributed by atoms with Crippen LogP contribution in [0, 0.1) is 0 Å². The zero-order valence-corrected chi connectivity index (χ0v) is 12.2. The van der Waals surface area contributed by atoms with Gasteiger partial charge in [0.15, 0.2) is 0 Å². The third-order valence-corrected chi connectivity index (χ3v) is 3.13. The summed E-state index contributed by atoms with van der Waals surface area (Å²) >= 11 is 5.87. The first kappa shape index (κ1) is 15.3. The van der Waals surface area contributed by atoms with Crippen molar-refractivity contribution in [2.24, 2.45) is 7.05 Å². The Morgan fingerprint density at radius 3 is 2.67 bits per heavy atom. The predicted octanol–water partition coefficient (Wildman–Crippen LogP) is 2.20. The maximum absolute atomic E-state index is 10.3. The molecule has 1 unspecified atom stereocenters. The Bertz CT molecular complexity index is 666. The number of hydrogen-bond acceptors (Lipinski definition) is 4. The summed E-state index contributed by atoms with van der Waals surface area (Å²) in [4.78, 5) is 10.3. The largest absolute Gasteiger partial charge is 0.459 e. The van der Waals surface area contributed by atoms with E-state index in [2.05, 4.69) is 16.4 Å². The van der Waals surface area contributed by atoms with E-state index in [0.717, 1.165) is 16.1 Å². The summed E-state index contributed by atoms with van der Waals surface area (Å²) in [5.41, 5.74) is 2.34. The number of aliphatic hydroxyl groups excluding tert-OH is 1. The molecule has 1 saturated heterocycles. The van der Waals surface area contributed by atoms with Crippen molar-refractivity contribution in [1.29, 1.82) is 0 Å². The number of aryl methyl sites for hydroxylation is 1. The minimum atomic E-state index is -0.775. The summed E-state index contributed by atoms with van der Waals surface area (Å²) in [7, 11) is 1.90. The Labute approximate surface area is 127 Å². The lowest BCUT2D eigenvalue weighted by Crippen LogP contribution is -2.06. The number of benzene rings is 1. The molecule has 2 heterocycles. The molecule has 1 aliphatic rings. The van der Waals surface area contributed by atoms with Crippen LogP contribution in [0.4, 0.5) is 0 Å². The van der Waals surface area contributed by atoms with Crippen LogP contribution >= 0.6 is 11.6 Å². The number of ether oxygens (including phenoxy) is 1. The minimum Gasteiger partial charge on any atom is -0.459 e. The molecule has 0 radical (unpaired) electrons. The van der Waals surface area contributed by atoms with Crippen molar-refractivity contribution in [2.75, 3.05) is 6.61 Å². The number of nitrogens with zero attached hydrogens (tertiary/aromatic N) is 2. The van der Waals surface area contributed by atoms with Crippen LogP contribution in [0.15, 0.2) is 48.8 Å². The first-order chi connectivity index (χ1) is 9.97. The van der Waals surface area contributed by atoms with Gasteiger partial charge in [-0.3, -0.25) is 4.68 Å². The van der Waals surface area contributed by atoms with Gasteiger partial charge < -0.3 is 9.84 Å². The Hall–Kier alpha value is -2.11. The van der Waals surface area contributed by atoms with Crippen molar-refractivity contribution in [2.45, 2.75) is 6.10 Å². The highest BCUT2D eigenvalue weighted by atomic mass is 35.5. The van der Waals surface area contributed by atoms with Gasteiger partial charge in [0.25, 0.3) is 0 Å². The van der Waals surface area contributed by atoms with Gasteiger partial charge in [-0.1, -0.05) is 30.3 Å². The summed E-state index contributed by atoms with van der Waals surface area (Å²) in [6.45, 7) is 3.36. The van der Waals surface area contributed by atoms with Crippen LogP contribution in [-0.4, -0.2) is 33.6 Å². The van der Waals surface area contributed by atoms with E-state index < -0.39 is 12.1 Å². The SMILES string of the molecule is C=C1C(=O)OCC1O.Cn1cc(-c2cccc(Cl)c2)cn1. The molecule has 1 aromatic heterocycles. The van der Waals surface area contributed by atoms with Gasteiger partial charge in [0.05, 0.1) is 11.8 Å². The highest BCUT2D eigenvalue weighted by molar-refractivity contribution is 6.30. The van der Waals surface area contributed by atoms with E-state index in [-0.39, 0.29) is 12.2 Å². The van der Waals surface area contributed by atoms with Crippen LogP contribution in [0.1, 0.15) is 0 Å². The quantitative estimate of drug-likeness (QED) is 0.648. The molecule has 1 fully saturated rings. The monoisotopic (exact) mass is 306 g/mol. The van der Waals surface area contributed by atoms with Crippen molar-refractivity contribution in [3.63, 3.8) is 0 Å². The molecule has 110 valence electrons. The van der Waals surface area contributed by atoms with Crippen LogP contribution in [-0.2, 0) is 16.6 Å². The van der Waals surface area contributed by atoms with E-state index in [4.69, 9.17) is 16.7 Å². The maximum atomic E-state index is 10.3. The lowest BCUT2D eigenvalue weighted by atomic mass is 10.1. The van der Waals surface area contributed by atoms with E-state index in [1.165, 1.54) is 0 Å². The number of cyclic esters (lactones) is 1. The Kier molecular flexibility index (Phi) is 4.77. The molecule has 0 saturated carbocycles. The van der Waals surface area contributed by atoms with Gasteiger partial charge in [0.2, 0.25) is 0 Å². The summed E-state index contributed by atoms with van der Waals surface area (Å²) in [6, 6.07) is 7.74. The van der Waals surface area contributed by atoms with Gasteiger partial charge in [0, 0.05) is 23.8 Å². The lowest BCUT2D eigenvalue weighted by Gasteiger charge is -1.96. The second kappa shape index (κ2) is 6.56. The fraction of sp³-hybridized carbons (Fsp3) is 0.200. The molecule has 2 aromatic rings. The third-order valence-electron chi connectivity index (χ3n) is 2.90. The number of aliphatic hydroxyl groups is 1. The van der Waals surface area contributed by atoms with Gasteiger partial charge in [-0.15, -0.1) is 0 Å². The fourth-order valence-corrected chi connectivity index (χ4v) is 1.91. The Morgan fingerprint density at radius 1 is 1.48 bits per heavy atom. The predicted molar refractivity (Wildman–Crippen MR) is 79.8 cm³/mol. The van der Waals surface area contributed by atoms with Gasteiger partial charge in [-0.05, 0) is 17.7 Å². The summed E-state index contributed by atoms with van der Waals surface area (Å²) in [6.07, 6.45) is 3.01. The molecular weight excluding hydrogens is 292 g/mol. The third kappa shape index (κ3) is 3.93. The van der Waals surface area contributed by atoms with E-state index in [0.29, 0.717) is 0 Å². The number of halogens is 1. The molecule has 3 rings (SSSR count). The second-order valence-corrected chi connectivity index (χ2v) is 4.99. The van der Waals surface area contributed by atoms with Crippen molar-refractivity contribution in [3.8, 4) is 11.1 Å². The normalized spacial score (nSPS) is 17.2. The van der Waals surface area contributed by atoms with E-state index in [1.807, 2.05) is 43.7 Å². The molecule has 6 heteroatoms. The zero-order valence-electron chi connectivity index (χ0n) is 11.5. The molecular formula is C15H15ClN2O3. The number of hydrogen-bond donors (Lipinski definition) is 1. The molecule has 0 bridgehead atoms. The van der Waals surface area contributed by atoms with Gasteiger partial charge in [-0.25, -0.2) is 4.79 Å². The fourth-order valence-electron chi connectivity index (χ4n) is 1.72. The highest BCUT2D eigenvalue weighted by Crippen LogP contribution is 2.21. The first-order valence-electron chi connectivity index (χ1n) is 6.26. The molecule has 1 aliphatic heterocycles. The van der Waals surface area contributed by atoms with Crippen molar-refractivity contribution in [3.05, 3.63) is 53.8 Å². The molecule has 1 atom stereocenters. The van der Waals surface area contributed by atoms with Crippen LogP contribution < -0.4 is 0 Å². The average molecular weight is 307 g/mol. The molecule has 0 amide bonds. The molecule has 0 aliphatic carbocycles. The smallest absolute Gasteiger partial charge is 0.336 e. The number of carbonyl (C=O) groups excluding carboxylic acids is 1. The lowest BCUT2D eigenvalue weighted by molar-refractivity contribution is -0.135. The standard InChI is InChI=1S/C10H9ClN2.C5H6O3/c1-13-7-9(6-12-13)8-3-2-4-10(11)5-8;1-3-4(6)2-8-5(3)7/h2-7H,1H3;4,6H,1-2H2. The number of aromatic nitrogens is 2. The van der Waals surface area contributed by atoms with Crippen LogP contribution in [0.25, 0.3) is 11.1 Å². The Balaban J connectivity index is 0.000000173. The Morgan fingerprint density at radius 2 is 2.24 bits per heavy atom. The number of rotatable bonds is 1. The zero-order chi connectivity index (χ0) is 15.4. The topological polar surface area (TPSA) is 64.3 Å². The molecule has 21 heavy (non-hydrogen) atoms. The summed E-state index contributed by atoms with van der Waals surface area (Å²) in [5, 5.41) is 13.6. The van der Waals surface area contributed by atoms with Crippen LogP contribution in [0.3, 0.4) is 0 Å². The number of carbonyl (C=O) groups is 1. The second-order valence-electron chi connectivity index (χ2n) is 4.55. The van der Waals surface area contributed by atoms with Gasteiger partial charge in [-0.2, -0.15) is 5.10 Å². The van der Waals surface area contributed by atoms with E-state index in [1.54, 1.807) is 4.68 Å². The van der Waals surface area contributed by atoms with E-state index >= 15 is 0 Å². The first-order valence-corrected chi connectivity index (χ1v) is 6.63. The van der Waals surface area contributed by atoms with Crippen molar-refractivity contribution in [1.82, 2.24) is 9.78 Å². The van der Waals surface area contributed by atoms with Crippen LogP contribution in [0.2, 0.25) is 5.02 Å². The van der Waals surface area contributed by atoms with Crippen molar-refractivity contribution >= 4 is 17.6 Å². The minimum absolute atomic E-state index is 0.0671. The van der Waals surface area contributed by atoms with Gasteiger partial charge in [0.1, 0.15) is 12.7 Å². The van der Waals surface area contributed by atoms with Crippen molar-refractivity contribution < 1.29 is 14.6 Å². The highest BCUT2D eigenvalue weighted by Gasteiger charge is 2.25. The molecule has 5 nitrogen and oxygen atoms in total. The molecule has 1 N–H and O–H groups in total. The summed E-state index contributed by atoms with van der Waals surface area (Å²) in [5.74, 6) is -0.488. The summed E-state index contributed by atoms with van der Waals surface area (Å²) < 4.78 is 6.16. The van der Waals surface area contributed by atoms with Gasteiger partial charge >= 0.3 is 5.97 Å². The maximum Gasteiger partial charge on any atom is 0.336 e.